The summed E-state index contributed by atoms with van der Waals surface area (Å²) in [5, 5.41) is 0. The number of carbonyl (C=O) groups is 8. The van der Waals surface area contributed by atoms with E-state index >= 15 is 0 Å². The van der Waals surface area contributed by atoms with Gasteiger partial charge in [-0.2, -0.15) is 0 Å². The molecule has 0 saturated heterocycles. The Morgan fingerprint density at radius 2 is 0.705 bits per heavy atom. The molecule has 18 atom stereocenters. The number of methoxy groups -OCH3 is 2. The van der Waals surface area contributed by atoms with E-state index in [1.165, 1.54) is 14.2 Å². The van der Waals surface area contributed by atoms with Crippen LogP contribution >= 0.6 is 0 Å². The Labute approximate surface area is 578 Å². The molecule has 0 heterocycles. The van der Waals surface area contributed by atoms with Crippen LogP contribution in [0, 0.1) is 93.7 Å². The molecule has 9 saturated carbocycles. The van der Waals surface area contributed by atoms with Gasteiger partial charge in [-0.1, -0.05) is 108 Å². The Kier molecular flexibility index (Phi) is 43.2. The second-order valence-corrected chi connectivity index (χ2v) is 28.3. The van der Waals surface area contributed by atoms with Crippen molar-refractivity contribution in [1.29, 1.82) is 0 Å². The molecule has 8 bridgehead atoms. The van der Waals surface area contributed by atoms with Gasteiger partial charge >= 0.3 is 47.8 Å². The fraction of sp³-hybridized carbons (Fsp3) is 0.895. The fourth-order valence-corrected chi connectivity index (χ4v) is 15.1. The first kappa shape index (κ1) is 94.8. The molecule has 560 valence electrons. The highest BCUT2D eigenvalue weighted by molar-refractivity contribution is 5.78. The molecule has 18 unspecified atom stereocenters. The summed E-state index contributed by atoms with van der Waals surface area (Å²) in [7, 11) is 2.98. The number of rotatable bonds is 25. The van der Waals surface area contributed by atoms with Gasteiger partial charge in [0.1, 0.15) is 30.0 Å². The minimum absolute atomic E-state index is 0. The van der Waals surface area contributed by atoms with Crippen LogP contribution in [0.4, 0.5) is 0 Å². The number of hydrogen-bond donors (Lipinski definition) is 0. The molecule has 19 nitrogen and oxygen atoms in total. The summed E-state index contributed by atoms with van der Waals surface area (Å²) >= 11 is 0. The van der Waals surface area contributed by atoms with Crippen molar-refractivity contribution in [1.82, 2.24) is 0 Å². The van der Waals surface area contributed by atoms with Crippen molar-refractivity contribution in [3.05, 3.63) is 0 Å². The summed E-state index contributed by atoms with van der Waals surface area (Å²) in [6.07, 6.45) is 18.7. The second kappa shape index (κ2) is 43.2. The van der Waals surface area contributed by atoms with Crippen LogP contribution in [0.3, 0.4) is 0 Å². The Balaban J connectivity index is -0.00000116. The van der Waals surface area contributed by atoms with Crippen molar-refractivity contribution < 1.29 is 90.5 Å². The third-order valence-corrected chi connectivity index (χ3v) is 21.8. The number of hydrogen-bond acceptors (Lipinski definition) is 19. The molecule has 0 amide bonds. The summed E-state index contributed by atoms with van der Waals surface area (Å²) in [4.78, 5) is 97.5. The van der Waals surface area contributed by atoms with Crippen LogP contribution in [-0.2, 0) is 90.5 Å². The Hall–Kier alpha value is -4.36. The van der Waals surface area contributed by atoms with Crippen LogP contribution in [0.25, 0.3) is 0 Å². The molecule has 0 aromatic heterocycles. The molecule has 0 spiro atoms. The van der Waals surface area contributed by atoms with Crippen LogP contribution in [0.15, 0.2) is 0 Å². The van der Waals surface area contributed by atoms with Crippen molar-refractivity contribution in [3.8, 4) is 0 Å². The Morgan fingerprint density at radius 1 is 0.411 bits per heavy atom. The van der Waals surface area contributed by atoms with Crippen LogP contribution in [-0.4, -0.2) is 119 Å². The van der Waals surface area contributed by atoms with E-state index in [1.807, 2.05) is 76.2 Å². The smallest absolute Gasteiger partial charge is 0.311 e. The topological polar surface area (TPSA) is 238 Å². The fourth-order valence-electron chi connectivity index (χ4n) is 15.1. The standard InChI is InChI=1S/C20H32O4.C17H28O5.C16H26O5.C15H24O5.8CH4/c1-4-13(3)18(21)23-17-12-14-10-15(17)16(11-14)19(22)24-20(5-2)8-6-7-9-20;1-5-17(3,4)16(19)22-14-9-11-7-12(14)13(8-11)15(18)21-10-20-6-2;1-5-16(2,3)15(18)21-13-8-10-6-11(13)12(7-10)14(17)20-9-19-4;1-4-9(2)14(16)20-13-7-10-5-11(13)12(6-10)15(17)19-8-18-3;;;;;;;;/h13-17H,4-12H2,1-3H3;11-14H,5-10H2,1-4H3;10-13H,5-9H2,1-4H3;9-13H,4-8H2,1-3H3;8*1H4. The van der Waals surface area contributed by atoms with Gasteiger partial charge < -0.3 is 52.1 Å². The largest absolute Gasteiger partial charge is 0.462 e. The van der Waals surface area contributed by atoms with Gasteiger partial charge in [-0.15, -0.1) is 0 Å². The van der Waals surface area contributed by atoms with Gasteiger partial charge in [-0.3, -0.25) is 38.4 Å². The first-order chi connectivity index (χ1) is 41.3. The third-order valence-electron chi connectivity index (χ3n) is 21.8. The highest BCUT2D eigenvalue weighted by Gasteiger charge is 2.56. The molecule has 19 heteroatoms. The van der Waals surface area contributed by atoms with Crippen LogP contribution in [0.2, 0.25) is 0 Å². The molecule has 0 aromatic carbocycles. The molecule has 9 aliphatic carbocycles. The maximum Gasteiger partial charge on any atom is 0.311 e. The summed E-state index contributed by atoms with van der Waals surface area (Å²) in [5.41, 5.74) is -1.15. The lowest BCUT2D eigenvalue weighted by atomic mass is 9.86. The molecule has 95 heavy (non-hydrogen) atoms. The van der Waals surface area contributed by atoms with E-state index in [9.17, 15) is 38.4 Å². The van der Waals surface area contributed by atoms with E-state index in [2.05, 4.69) is 6.92 Å². The van der Waals surface area contributed by atoms with Crippen LogP contribution in [0.5, 0.6) is 0 Å². The first-order valence-corrected chi connectivity index (χ1v) is 33.4. The molecule has 0 aromatic rings. The molecular weight excluding hydrogens is 1220 g/mol. The quantitative estimate of drug-likeness (QED) is 0.0357. The van der Waals surface area contributed by atoms with E-state index < -0.39 is 10.8 Å². The highest BCUT2D eigenvalue weighted by atomic mass is 16.7. The molecule has 9 rings (SSSR count). The van der Waals surface area contributed by atoms with Gasteiger partial charge in [0.2, 0.25) is 0 Å². The monoisotopic (exact) mass is 1360 g/mol. The van der Waals surface area contributed by atoms with E-state index in [-0.39, 0.29) is 217 Å². The second-order valence-electron chi connectivity index (χ2n) is 28.3. The van der Waals surface area contributed by atoms with Gasteiger partial charge in [0, 0.05) is 44.5 Å². The number of ether oxygens (including phenoxy) is 11. The lowest BCUT2D eigenvalue weighted by Crippen LogP contribution is -2.39. The van der Waals surface area contributed by atoms with Crippen molar-refractivity contribution in [2.24, 2.45) is 93.7 Å². The zero-order valence-electron chi connectivity index (χ0n) is 55.3. The molecule has 9 fully saturated rings. The van der Waals surface area contributed by atoms with Gasteiger partial charge in [-0.25, -0.2) is 0 Å². The van der Waals surface area contributed by atoms with Gasteiger partial charge in [-0.05, 0) is 193 Å². The maximum atomic E-state index is 12.8. The van der Waals surface area contributed by atoms with E-state index in [4.69, 9.17) is 52.1 Å². The zero-order valence-corrected chi connectivity index (χ0v) is 55.3. The third kappa shape index (κ3) is 24.5. The molecule has 9 aliphatic rings. The van der Waals surface area contributed by atoms with Crippen molar-refractivity contribution in [2.45, 2.75) is 307 Å². The molecule has 0 N–H and O–H groups in total. The lowest BCUT2D eigenvalue weighted by molar-refractivity contribution is -0.173. The van der Waals surface area contributed by atoms with E-state index in [0.717, 1.165) is 135 Å². The van der Waals surface area contributed by atoms with E-state index in [1.54, 1.807) is 0 Å². The maximum absolute atomic E-state index is 12.8. The van der Waals surface area contributed by atoms with Crippen LogP contribution in [0.1, 0.15) is 277 Å². The Bertz CT molecular complexity index is 2290. The average molecular weight is 1360 g/mol. The highest BCUT2D eigenvalue weighted by Crippen LogP contribution is 2.54. The summed E-state index contributed by atoms with van der Waals surface area (Å²) in [6.45, 7) is 23.8. The Morgan fingerprint density at radius 3 is 0.968 bits per heavy atom. The molecular formula is C76H142O19. The first-order valence-electron chi connectivity index (χ1n) is 33.4. The summed E-state index contributed by atoms with van der Waals surface area (Å²) in [5.74, 6) is 0.546. The molecule has 0 aliphatic heterocycles. The average Bonchev–Trinajstić information content (AvgIpc) is 1.66. The van der Waals surface area contributed by atoms with Crippen molar-refractivity contribution >= 4 is 47.8 Å². The minimum Gasteiger partial charge on any atom is -0.462 e. The van der Waals surface area contributed by atoms with Gasteiger partial charge in [0.25, 0.3) is 0 Å². The number of fused-ring (bicyclic) bond motifs is 8. The minimum atomic E-state index is -0.465. The normalized spacial score (nSPS) is 29.7. The van der Waals surface area contributed by atoms with Gasteiger partial charge in [0.05, 0.1) is 46.3 Å². The van der Waals surface area contributed by atoms with E-state index in [0.29, 0.717) is 30.3 Å². The van der Waals surface area contributed by atoms with Crippen LogP contribution < -0.4 is 0 Å². The number of carbonyl (C=O) groups excluding carboxylic acids is 8. The summed E-state index contributed by atoms with van der Waals surface area (Å²) < 4.78 is 58.7. The predicted octanol–water partition coefficient (Wildman–Crippen LogP) is 16.9. The predicted molar refractivity (Wildman–Crippen MR) is 374 cm³/mol. The summed E-state index contributed by atoms with van der Waals surface area (Å²) in [6, 6.07) is 0. The number of esters is 8. The van der Waals surface area contributed by atoms with Crippen molar-refractivity contribution in [2.75, 3.05) is 41.2 Å². The zero-order chi connectivity index (χ0) is 64.0. The van der Waals surface area contributed by atoms with Gasteiger partial charge in [0.15, 0.2) is 20.4 Å². The SMILES string of the molecule is C.C.C.C.C.C.C.C.CCC(C)(C)C(=O)OC1CC2CC(C(=O)OCOC)C1C2.CCC(C)C(=O)OC1CC2CC(C(=O)OC3(CC)CCCC3)C1C2.CCC(C)C(=O)OC1CC2CC(C(=O)OCOC)C1C2.CCOCOC(=O)C1CC2CC(OC(=O)C(C)(C)CC)C1C2. The van der Waals surface area contributed by atoms with Crippen molar-refractivity contribution in [3.63, 3.8) is 0 Å². The lowest BCUT2D eigenvalue weighted by Gasteiger charge is -2.33. The molecule has 0 radical (unpaired) electrons.